The molecule has 1 aromatic heterocycles. The highest BCUT2D eigenvalue weighted by molar-refractivity contribution is 7.91. The van der Waals surface area contributed by atoms with Gasteiger partial charge in [0.15, 0.2) is 9.84 Å². The predicted molar refractivity (Wildman–Crippen MR) is 69.4 cm³/mol. The molecule has 2 rings (SSSR count). The summed E-state index contributed by atoms with van der Waals surface area (Å²) in [6.07, 6.45) is 0.492. The Balaban J connectivity index is 2.41. The fourth-order valence-corrected chi connectivity index (χ4v) is 4.03. The van der Waals surface area contributed by atoms with E-state index in [0.717, 1.165) is 0 Å². The molecule has 0 aliphatic carbocycles. The van der Waals surface area contributed by atoms with Crippen LogP contribution in [0.3, 0.4) is 0 Å². The van der Waals surface area contributed by atoms with Gasteiger partial charge in [0.1, 0.15) is 11.6 Å². The van der Waals surface area contributed by atoms with Gasteiger partial charge in [-0.15, -0.1) is 0 Å². The first-order valence-electron chi connectivity index (χ1n) is 5.90. The Labute approximate surface area is 106 Å². The van der Waals surface area contributed by atoms with Crippen molar-refractivity contribution in [2.75, 3.05) is 17.2 Å². The van der Waals surface area contributed by atoms with Crippen LogP contribution in [0, 0.1) is 0 Å². The third kappa shape index (κ3) is 2.40. The van der Waals surface area contributed by atoms with Gasteiger partial charge in [0.05, 0.1) is 17.1 Å². The Morgan fingerprint density at radius 1 is 1.44 bits per heavy atom. The summed E-state index contributed by atoms with van der Waals surface area (Å²) >= 11 is 0. The number of hydrogen-bond acceptors (Lipinski definition) is 5. The molecule has 1 unspecified atom stereocenters. The van der Waals surface area contributed by atoms with Crippen LogP contribution in [0.15, 0.2) is 4.79 Å². The molecule has 0 bridgehead atoms. The predicted octanol–water partition coefficient (Wildman–Crippen LogP) is 0.378. The van der Waals surface area contributed by atoms with Crippen LogP contribution in [0.4, 0.5) is 5.82 Å². The number of nitrogens with one attached hydrogen (secondary N) is 1. The van der Waals surface area contributed by atoms with Gasteiger partial charge in [0.2, 0.25) is 0 Å². The Morgan fingerprint density at radius 3 is 2.56 bits per heavy atom. The van der Waals surface area contributed by atoms with Gasteiger partial charge >= 0.3 is 0 Å². The van der Waals surface area contributed by atoms with Crippen molar-refractivity contribution in [3.05, 3.63) is 21.7 Å². The molecule has 3 N–H and O–H groups in total. The molecule has 1 aliphatic rings. The molecule has 1 aliphatic heterocycles. The standard InChI is InChI=1S/C11H17N3O3S/c1-6(2)8-9(12)13-10(14-11(8)15)7-3-4-18(16,17)5-7/h6-7H,3-5H2,1-2H3,(H3,12,13,14,15). The average molecular weight is 271 g/mol. The van der Waals surface area contributed by atoms with E-state index >= 15 is 0 Å². The largest absolute Gasteiger partial charge is 0.383 e. The summed E-state index contributed by atoms with van der Waals surface area (Å²) in [6, 6.07) is 0. The maximum atomic E-state index is 11.9. The number of hydrogen-bond donors (Lipinski definition) is 2. The van der Waals surface area contributed by atoms with Crippen LogP contribution >= 0.6 is 0 Å². The minimum atomic E-state index is -3.00. The van der Waals surface area contributed by atoms with Crippen LogP contribution < -0.4 is 11.3 Å². The van der Waals surface area contributed by atoms with Gasteiger partial charge in [-0.3, -0.25) is 4.79 Å². The SMILES string of the molecule is CC(C)c1c(N)nc(C2CCS(=O)(=O)C2)[nH]c1=O. The van der Waals surface area contributed by atoms with E-state index in [1.165, 1.54) is 0 Å². The van der Waals surface area contributed by atoms with E-state index < -0.39 is 9.84 Å². The lowest BCUT2D eigenvalue weighted by atomic mass is 10.0. The fraction of sp³-hybridized carbons (Fsp3) is 0.636. The summed E-state index contributed by atoms with van der Waals surface area (Å²) in [5.41, 5.74) is 5.97. The molecule has 7 heteroatoms. The highest BCUT2D eigenvalue weighted by Gasteiger charge is 2.31. The van der Waals surface area contributed by atoms with Gasteiger partial charge in [-0.1, -0.05) is 13.8 Å². The lowest BCUT2D eigenvalue weighted by Crippen LogP contribution is -2.22. The first-order chi connectivity index (χ1) is 8.30. The van der Waals surface area contributed by atoms with E-state index in [2.05, 4.69) is 9.97 Å². The van der Waals surface area contributed by atoms with E-state index in [1.54, 1.807) is 0 Å². The molecule has 0 amide bonds. The molecule has 1 aromatic rings. The highest BCUT2D eigenvalue weighted by atomic mass is 32.2. The van der Waals surface area contributed by atoms with E-state index in [-0.39, 0.29) is 34.7 Å². The van der Waals surface area contributed by atoms with Crippen molar-refractivity contribution in [3.8, 4) is 0 Å². The molecule has 0 spiro atoms. The Hall–Kier alpha value is -1.37. The van der Waals surface area contributed by atoms with E-state index in [9.17, 15) is 13.2 Å². The first-order valence-corrected chi connectivity index (χ1v) is 7.72. The van der Waals surface area contributed by atoms with Crippen molar-refractivity contribution < 1.29 is 8.42 Å². The molecule has 0 aromatic carbocycles. The van der Waals surface area contributed by atoms with Crippen molar-refractivity contribution in [2.45, 2.75) is 32.1 Å². The summed E-state index contributed by atoms with van der Waals surface area (Å²) in [6.45, 7) is 3.73. The fourth-order valence-electron chi connectivity index (χ4n) is 2.28. The third-order valence-corrected chi connectivity index (χ3v) is 4.97. The zero-order chi connectivity index (χ0) is 13.5. The molecule has 100 valence electrons. The van der Waals surface area contributed by atoms with Gasteiger partial charge in [-0.2, -0.15) is 0 Å². The van der Waals surface area contributed by atoms with E-state index in [0.29, 0.717) is 17.8 Å². The topological polar surface area (TPSA) is 106 Å². The van der Waals surface area contributed by atoms with Crippen molar-refractivity contribution in [1.29, 1.82) is 0 Å². The minimum Gasteiger partial charge on any atom is -0.383 e. The number of aromatic amines is 1. The van der Waals surface area contributed by atoms with Crippen LogP contribution in [-0.2, 0) is 9.84 Å². The van der Waals surface area contributed by atoms with Crippen LogP contribution in [0.5, 0.6) is 0 Å². The molecule has 0 radical (unpaired) electrons. The number of sulfone groups is 1. The van der Waals surface area contributed by atoms with Crippen LogP contribution in [-0.4, -0.2) is 29.9 Å². The molecule has 1 atom stereocenters. The van der Waals surface area contributed by atoms with Gasteiger partial charge in [0.25, 0.3) is 5.56 Å². The average Bonchev–Trinajstić information content (AvgIpc) is 2.57. The molecular formula is C11H17N3O3S. The molecule has 6 nitrogen and oxygen atoms in total. The summed E-state index contributed by atoms with van der Waals surface area (Å²) in [7, 11) is -3.00. The summed E-state index contributed by atoms with van der Waals surface area (Å²) in [4.78, 5) is 18.7. The second kappa shape index (κ2) is 4.38. The molecule has 0 saturated carbocycles. The summed E-state index contributed by atoms with van der Waals surface area (Å²) in [5.74, 6) is 0.522. The molecular weight excluding hydrogens is 254 g/mol. The van der Waals surface area contributed by atoms with Gasteiger partial charge in [-0.25, -0.2) is 13.4 Å². The quantitative estimate of drug-likeness (QED) is 0.808. The van der Waals surface area contributed by atoms with E-state index in [1.807, 2.05) is 13.8 Å². The molecule has 1 fully saturated rings. The van der Waals surface area contributed by atoms with Crippen LogP contribution in [0.25, 0.3) is 0 Å². The maximum absolute atomic E-state index is 11.9. The minimum absolute atomic E-state index is 0.0115. The normalized spacial score (nSPS) is 22.5. The number of anilines is 1. The monoisotopic (exact) mass is 271 g/mol. The third-order valence-electron chi connectivity index (χ3n) is 3.20. The van der Waals surface area contributed by atoms with Crippen LogP contribution in [0.2, 0.25) is 0 Å². The van der Waals surface area contributed by atoms with Crippen molar-refractivity contribution in [1.82, 2.24) is 9.97 Å². The Bertz CT molecular complexity index is 619. The van der Waals surface area contributed by atoms with Gasteiger partial charge in [-0.05, 0) is 12.3 Å². The second-order valence-electron chi connectivity index (χ2n) is 5.00. The lowest BCUT2D eigenvalue weighted by molar-refractivity contribution is 0.601. The summed E-state index contributed by atoms with van der Waals surface area (Å²) < 4.78 is 22.8. The van der Waals surface area contributed by atoms with Crippen molar-refractivity contribution in [2.24, 2.45) is 0 Å². The maximum Gasteiger partial charge on any atom is 0.256 e. The molecule has 18 heavy (non-hydrogen) atoms. The zero-order valence-corrected chi connectivity index (χ0v) is 11.3. The molecule has 1 saturated heterocycles. The smallest absolute Gasteiger partial charge is 0.256 e. The van der Waals surface area contributed by atoms with E-state index in [4.69, 9.17) is 5.73 Å². The Morgan fingerprint density at radius 2 is 2.11 bits per heavy atom. The summed E-state index contributed by atoms with van der Waals surface area (Å²) in [5, 5.41) is 0. The first kappa shape index (κ1) is 13.1. The molecule has 2 heterocycles. The number of nitrogens with two attached hydrogens (primary N) is 1. The number of aromatic nitrogens is 2. The number of nitrogens with zero attached hydrogens (tertiary/aromatic N) is 1. The Kier molecular flexibility index (Phi) is 3.18. The van der Waals surface area contributed by atoms with Crippen LogP contribution in [0.1, 0.15) is 43.5 Å². The lowest BCUT2D eigenvalue weighted by Gasteiger charge is -2.12. The number of H-pyrrole nitrogens is 1. The van der Waals surface area contributed by atoms with Gasteiger partial charge in [0, 0.05) is 5.92 Å². The second-order valence-corrected chi connectivity index (χ2v) is 7.23. The van der Waals surface area contributed by atoms with Gasteiger partial charge < -0.3 is 10.7 Å². The van der Waals surface area contributed by atoms with Crippen molar-refractivity contribution >= 4 is 15.7 Å². The van der Waals surface area contributed by atoms with Crippen molar-refractivity contribution in [3.63, 3.8) is 0 Å². The highest BCUT2D eigenvalue weighted by Crippen LogP contribution is 2.27. The number of nitrogen functional groups attached to an aromatic ring is 1. The number of rotatable bonds is 2. The zero-order valence-electron chi connectivity index (χ0n) is 10.4.